The third kappa shape index (κ3) is 4.57. The largest absolute Gasteiger partial charge is 0.383 e. The number of benzene rings is 1. The third-order valence-electron chi connectivity index (χ3n) is 4.73. The summed E-state index contributed by atoms with van der Waals surface area (Å²) in [6, 6.07) is 7.92. The molecule has 0 aromatic heterocycles. The van der Waals surface area contributed by atoms with Crippen molar-refractivity contribution in [3.8, 4) is 0 Å². The highest BCUT2D eigenvalue weighted by Gasteiger charge is 2.32. The SMILES string of the molecule is CCc1ccc(C(=O)N2CC(C(=O)NCCOC)CCC2C)cc1. The molecule has 1 heterocycles. The van der Waals surface area contributed by atoms with Crippen LogP contribution in [0.25, 0.3) is 0 Å². The maximum absolute atomic E-state index is 12.8. The number of hydrogen-bond donors (Lipinski definition) is 1. The van der Waals surface area contributed by atoms with Crippen LogP contribution in [0.3, 0.4) is 0 Å². The van der Waals surface area contributed by atoms with Crippen LogP contribution in [-0.4, -0.2) is 49.6 Å². The molecule has 0 spiro atoms. The first-order valence-electron chi connectivity index (χ1n) is 8.73. The molecule has 1 aromatic carbocycles. The summed E-state index contributed by atoms with van der Waals surface area (Å²) in [6.45, 7) is 5.64. The van der Waals surface area contributed by atoms with E-state index in [9.17, 15) is 9.59 Å². The van der Waals surface area contributed by atoms with Crippen LogP contribution in [0.1, 0.15) is 42.6 Å². The molecule has 0 saturated carbocycles. The first-order chi connectivity index (χ1) is 11.6. The van der Waals surface area contributed by atoms with Crippen LogP contribution in [-0.2, 0) is 16.0 Å². The normalized spacial score (nSPS) is 20.7. The van der Waals surface area contributed by atoms with Gasteiger partial charge in [-0.2, -0.15) is 0 Å². The first-order valence-corrected chi connectivity index (χ1v) is 8.73. The predicted molar refractivity (Wildman–Crippen MR) is 93.9 cm³/mol. The Kier molecular flexibility index (Phi) is 6.79. The average molecular weight is 332 g/mol. The molecule has 2 unspecified atom stereocenters. The van der Waals surface area contributed by atoms with Crippen LogP contribution in [0.15, 0.2) is 24.3 Å². The van der Waals surface area contributed by atoms with Gasteiger partial charge in [-0.1, -0.05) is 19.1 Å². The lowest BCUT2D eigenvalue weighted by molar-refractivity contribution is -0.126. The molecule has 2 atom stereocenters. The summed E-state index contributed by atoms with van der Waals surface area (Å²) in [7, 11) is 1.61. The molecule has 0 aliphatic carbocycles. The zero-order valence-electron chi connectivity index (χ0n) is 14.9. The van der Waals surface area contributed by atoms with Gasteiger partial charge in [0.15, 0.2) is 0 Å². The van der Waals surface area contributed by atoms with E-state index >= 15 is 0 Å². The monoisotopic (exact) mass is 332 g/mol. The number of amides is 2. The summed E-state index contributed by atoms with van der Waals surface area (Å²) in [4.78, 5) is 26.9. The Morgan fingerprint density at radius 3 is 2.58 bits per heavy atom. The number of ether oxygens (including phenoxy) is 1. The van der Waals surface area contributed by atoms with E-state index in [-0.39, 0.29) is 23.8 Å². The Hall–Kier alpha value is -1.88. The number of nitrogens with one attached hydrogen (secondary N) is 1. The van der Waals surface area contributed by atoms with E-state index in [1.165, 1.54) is 5.56 Å². The van der Waals surface area contributed by atoms with Crippen LogP contribution >= 0.6 is 0 Å². The van der Waals surface area contributed by atoms with Gasteiger partial charge in [0.05, 0.1) is 12.5 Å². The number of nitrogens with zero attached hydrogens (tertiary/aromatic N) is 1. The fourth-order valence-corrected chi connectivity index (χ4v) is 3.07. The standard InChI is InChI=1S/C19H28N2O3/c1-4-15-6-9-16(10-7-15)19(23)21-13-17(8-5-14(21)2)18(22)20-11-12-24-3/h6-7,9-10,14,17H,4-5,8,11-13H2,1-3H3,(H,20,22). The van der Waals surface area contributed by atoms with Crippen molar-refractivity contribution in [1.82, 2.24) is 10.2 Å². The van der Waals surface area contributed by atoms with Crippen LogP contribution in [0.2, 0.25) is 0 Å². The zero-order chi connectivity index (χ0) is 17.5. The minimum atomic E-state index is -0.142. The van der Waals surface area contributed by atoms with Crippen molar-refractivity contribution in [3.63, 3.8) is 0 Å². The second kappa shape index (κ2) is 8.83. The van der Waals surface area contributed by atoms with Crippen molar-refractivity contribution in [2.75, 3.05) is 26.8 Å². The van der Waals surface area contributed by atoms with E-state index in [2.05, 4.69) is 19.2 Å². The molecule has 5 nitrogen and oxygen atoms in total. The molecular weight excluding hydrogens is 304 g/mol. The molecular formula is C19H28N2O3. The smallest absolute Gasteiger partial charge is 0.254 e. The van der Waals surface area contributed by atoms with Gasteiger partial charge in [0.25, 0.3) is 5.91 Å². The minimum absolute atomic E-state index is 0.0121. The highest BCUT2D eigenvalue weighted by molar-refractivity contribution is 5.95. The lowest BCUT2D eigenvalue weighted by Gasteiger charge is -2.37. The fraction of sp³-hybridized carbons (Fsp3) is 0.579. The lowest BCUT2D eigenvalue weighted by Crippen LogP contribution is -2.49. The molecule has 1 saturated heterocycles. The number of carbonyl (C=O) groups is 2. The van der Waals surface area contributed by atoms with Gasteiger partial charge >= 0.3 is 0 Å². The molecule has 1 fully saturated rings. The number of hydrogen-bond acceptors (Lipinski definition) is 3. The molecule has 132 valence electrons. The van der Waals surface area contributed by atoms with Crippen molar-refractivity contribution in [2.45, 2.75) is 39.2 Å². The third-order valence-corrected chi connectivity index (χ3v) is 4.73. The number of aryl methyl sites for hydroxylation is 1. The van der Waals surface area contributed by atoms with Gasteiger partial charge in [-0.15, -0.1) is 0 Å². The molecule has 24 heavy (non-hydrogen) atoms. The predicted octanol–water partition coefficient (Wildman–Crippen LogP) is 2.25. The zero-order valence-corrected chi connectivity index (χ0v) is 14.9. The van der Waals surface area contributed by atoms with Crippen LogP contribution < -0.4 is 5.32 Å². The van der Waals surface area contributed by atoms with E-state index in [1.54, 1.807) is 7.11 Å². The van der Waals surface area contributed by atoms with E-state index in [4.69, 9.17) is 4.74 Å². The van der Waals surface area contributed by atoms with Gasteiger partial charge in [-0.05, 0) is 43.9 Å². The van der Waals surface area contributed by atoms with Gasteiger partial charge in [0.1, 0.15) is 0 Å². The molecule has 1 aromatic rings. The second-order valence-electron chi connectivity index (χ2n) is 6.42. The van der Waals surface area contributed by atoms with Crippen molar-refractivity contribution in [1.29, 1.82) is 0 Å². The first kappa shape index (κ1) is 18.5. The summed E-state index contributed by atoms with van der Waals surface area (Å²) in [5.41, 5.74) is 1.91. The Morgan fingerprint density at radius 1 is 1.25 bits per heavy atom. The maximum Gasteiger partial charge on any atom is 0.254 e. The summed E-state index contributed by atoms with van der Waals surface area (Å²) in [5.74, 6) is -0.116. The van der Waals surface area contributed by atoms with Gasteiger partial charge in [0.2, 0.25) is 5.91 Å². The Labute approximate surface area is 144 Å². The summed E-state index contributed by atoms with van der Waals surface area (Å²) >= 11 is 0. The second-order valence-corrected chi connectivity index (χ2v) is 6.42. The number of piperidine rings is 1. The van der Waals surface area contributed by atoms with Crippen molar-refractivity contribution < 1.29 is 14.3 Å². The Bertz CT molecular complexity index is 556. The molecule has 5 heteroatoms. The summed E-state index contributed by atoms with van der Waals surface area (Å²) in [6.07, 6.45) is 2.62. The van der Waals surface area contributed by atoms with E-state index in [0.29, 0.717) is 25.3 Å². The number of likely N-dealkylation sites (tertiary alicyclic amines) is 1. The van der Waals surface area contributed by atoms with Gasteiger partial charge < -0.3 is 15.0 Å². The van der Waals surface area contributed by atoms with Crippen LogP contribution in [0.5, 0.6) is 0 Å². The quantitative estimate of drug-likeness (QED) is 0.813. The van der Waals surface area contributed by atoms with Crippen molar-refractivity contribution in [3.05, 3.63) is 35.4 Å². The Morgan fingerprint density at radius 2 is 1.96 bits per heavy atom. The van der Waals surface area contributed by atoms with Gasteiger partial charge in [0, 0.05) is 31.8 Å². The average Bonchev–Trinajstić information content (AvgIpc) is 2.61. The minimum Gasteiger partial charge on any atom is -0.383 e. The molecule has 1 aliphatic rings. The van der Waals surface area contributed by atoms with Crippen molar-refractivity contribution in [2.24, 2.45) is 5.92 Å². The van der Waals surface area contributed by atoms with Crippen LogP contribution in [0, 0.1) is 5.92 Å². The lowest BCUT2D eigenvalue weighted by atomic mass is 9.92. The van der Waals surface area contributed by atoms with Gasteiger partial charge in [-0.25, -0.2) is 0 Å². The highest BCUT2D eigenvalue weighted by Crippen LogP contribution is 2.24. The molecule has 1 N–H and O–H groups in total. The number of carbonyl (C=O) groups excluding carboxylic acids is 2. The summed E-state index contributed by atoms with van der Waals surface area (Å²) < 4.78 is 4.95. The fourth-order valence-electron chi connectivity index (χ4n) is 3.07. The van der Waals surface area contributed by atoms with E-state index < -0.39 is 0 Å². The van der Waals surface area contributed by atoms with Crippen molar-refractivity contribution >= 4 is 11.8 Å². The molecule has 2 rings (SSSR count). The molecule has 0 bridgehead atoms. The van der Waals surface area contributed by atoms with Crippen LogP contribution in [0.4, 0.5) is 0 Å². The highest BCUT2D eigenvalue weighted by atomic mass is 16.5. The van der Waals surface area contributed by atoms with E-state index in [1.807, 2.05) is 29.2 Å². The van der Waals surface area contributed by atoms with Gasteiger partial charge in [-0.3, -0.25) is 9.59 Å². The summed E-state index contributed by atoms with van der Waals surface area (Å²) in [5, 5.41) is 2.88. The maximum atomic E-state index is 12.8. The van der Waals surface area contributed by atoms with E-state index in [0.717, 1.165) is 19.3 Å². The number of methoxy groups -OCH3 is 1. The Balaban J connectivity index is 2.01. The topological polar surface area (TPSA) is 58.6 Å². The molecule has 2 amide bonds. The molecule has 1 aliphatic heterocycles. The number of rotatable bonds is 6. The molecule has 0 radical (unpaired) electrons.